The molecule has 0 unspecified atom stereocenters. The Balaban J connectivity index is 1.73. The van der Waals surface area contributed by atoms with Gasteiger partial charge in [-0.25, -0.2) is 8.78 Å². The van der Waals surface area contributed by atoms with Crippen LogP contribution in [-0.4, -0.2) is 13.2 Å². The van der Waals surface area contributed by atoms with Crippen LogP contribution in [0, 0.1) is 11.6 Å². The fourth-order valence-corrected chi connectivity index (χ4v) is 3.93. The largest absolute Gasteiger partial charge is 0.490 e. The molecule has 0 aliphatic heterocycles. The number of fused-ring (bicyclic) bond motifs is 3. The predicted octanol–water partition coefficient (Wildman–Crippen LogP) is 8.58. The maximum Gasteiger partial charge on any atom is 0.172 e. The lowest BCUT2D eigenvalue weighted by atomic mass is 10.0. The van der Waals surface area contributed by atoms with Gasteiger partial charge in [0.05, 0.1) is 13.2 Å². The Hall–Kier alpha value is -2.36. The molecule has 0 aromatic heterocycles. The third-order valence-electron chi connectivity index (χ3n) is 5.76. The van der Waals surface area contributed by atoms with Crippen LogP contribution in [0.5, 0.6) is 11.5 Å². The molecule has 0 aliphatic carbocycles. The molecule has 2 nitrogen and oxygen atoms in total. The summed E-state index contributed by atoms with van der Waals surface area (Å²) in [5.74, 6) is -0.260. The molecule has 3 rings (SSSR count). The SMILES string of the molecule is CCCCCCCCOc1ccc2c(ccc3c(F)c(OCCCCC)ccc32)c1F. The van der Waals surface area contributed by atoms with E-state index < -0.39 is 0 Å². The van der Waals surface area contributed by atoms with Gasteiger partial charge in [0.25, 0.3) is 0 Å². The molecule has 31 heavy (non-hydrogen) atoms. The molecule has 0 aliphatic rings. The van der Waals surface area contributed by atoms with Gasteiger partial charge in [0.15, 0.2) is 23.1 Å². The molecule has 0 atom stereocenters. The number of rotatable bonds is 13. The summed E-state index contributed by atoms with van der Waals surface area (Å²) in [6.07, 6.45) is 10.0. The van der Waals surface area contributed by atoms with Crippen LogP contribution in [0.15, 0.2) is 36.4 Å². The number of hydrogen-bond acceptors (Lipinski definition) is 2. The van der Waals surface area contributed by atoms with Crippen molar-refractivity contribution in [3.8, 4) is 11.5 Å². The van der Waals surface area contributed by atoms with Gasteiger partial charge in [0.2, 0.25) is 0 Å². The molecular formula is C27H34F2O2. The Morgan fingerprint density at radius 3 is 1.42 bits per heavy atom. The molecule has 3 aromatic rings. The molecule has 0 amide bonds. The summed E-state index contributed by atoms with van der Waals surface area (Å²) in [6.45, 7) is 5.32. The van der Waals surface area contributed by atoms with E-state index in [1.165, 1.54) is 25.7 Å². The third-order valence-corrected chi connectivity index (χ3v) is 5.76. The highest BCUT2D eigenvalue weighted by Gasteiger charge is 2.15. The molecular weight excluding hydrogens is 394 g/mol. The minimum atomic E-state index is -0.389. The van der Waals surface area contributed by atoms with E-state index in [9.17, 15) is 4.39 Å². The zero-order chi connectivity index (χ0) is 22.1. The van der Waals surface area contributed by atoms with Crippen LogP contribution in [0.2, 0.25) is 0 Å². The van der Waals surface area contributed by atoms with E-state index in [2.05, 4.69) is 13.8 Å². The Morgan fingerprint density at radius 2 is 0.903 bits per heavy atom. The third kappa shape index (κ3) is 5.87. The van der Waals surface area contributed by atoms with Gasteiger partial charge in [0.1, 0.15) is 0 Å². The molecule has 3 aromatic carbocycles. The molecule has 0 radical (unpaired) electrons. The van der Waals surface area contributed by atoms with Crippen molar-refractivity contribution >= 4 is 21.5 Å². The highest BCUT2D eigenvalue weighted by molar-refractivity contribution is 6.08. The van der Waals surface area contributed by atoms with Crippen LogP contribution >= 0.6 is 0 Å². The van der Waals surface area contributed by atoms with Crippen LogP contribution in [0.3, 0.4) is 0 Å². The fraction of sp³-hybridized carbons (Fsp3) is 0.481. The smallest absolute Gasteiger partial charge is 0.172 e. The van der Waals surface area contributed by atoms with Crippen molar-refractivity contribution in [2.45, 2.75) is 71.6 Å². The lowest BCUT2D eigenvalue weighted by molar-refractivity contribution is 0.291. The second-order valence-corrected chi connectivity index (χ2v) is 8.18. The van der Waals surface area contributed by atoms with Gasteiger partial charge in [-0.1, -0.05) is 70.9 Å². The summed E-state index contributed by atoms with van der Waals surface area (Å²) >= 11 is 0. The van der Waals surface area contributed by atoms with E-state index in [-0.39, 0.29) is 23.1 Å². The van der Waals surface area contributed by atoms with Crippen molar-refractivity contribution in [2.75, 3.05) is 13.2 Å². The van der Waals surface area contributed by atoms with E-state index >= 15 is 4.39 Å². The number of benzene rings is 3. The molecule has 0 bridgehead atoms. The average molecular weight is 429 g/mol. The van der Waals surface area contributed by atoms with Crippen LogP contribution < -0.4 is 9.47 Å². The summed E-state index contributed by atoms with van der Waals surface area (Å²) < 4.78 is 41.3. The Morgan fingerprint density at radius 1 is 0.516 bits per heavy atom. The van der Waals surface area contributed by atoms with Gasteiger partial charge >= 0.3 is 0 Å². The first-order valence-corrected chi connectivity index (χ1v) is 11.8. The van der Waals surface area contributed by atoms with Gasteiger partial charge in [-0.15, -0.1) is 0 Å². The van der Waals surface area contributed by atoms with Gasteiger partial charge in [0, 0.05) is 10.8 Å². The molecule has 0 fully saturated rings. The average Bonchev–Trinajstić information content (AvgIpc) is 2.78. The highest BCUT2D eigenvalue weighted by Crippen LogP contribution is 2.35. The molecule has 0 heterocycles. The van der Waals surface area contributed by atoms with E-state index in [1.807, 2.05) is 12.1 Å². The van der Waals surface area contributed by atoms with Gasteiger partial charge in [-0.2, -0.15) is 0 Å². The Labute approximate surface area is 184 Å². The summed E-state index contributed by atoms with van der Waals surface area (Å²) in [5.41, 5.74) is 0. The normalized spacial score (nSPS) is 11.4. The zero-order valence-electron chi connectivity index (χ0n) is 18.8. The van der Waals surface area contributed by atoms with E-state index in [1.54, 1.807) is 24.3 Å². The number of unbranched alkanes of at least 4 members (excludes halogenated alkanes) is 7. The second-order valence-electron chi connectivity index (χ2n) is 8.18. The van der Waals surface area contributed by atoms with Gasteiger partial charge in [-0.3, -0.25) is 0 Å². The molecule has 4 heteroatoms. The number of ether oxygens (including phenoxy) is 2. The summed E-state index contributed by atoms with van der Waals surface area (Å²) in [7, 11) is 0. The predicted molar refractivity (Wildman–Crippen MR) is 125 cm³/mol. The summed E-state index contributed by atoms with van der Waals surface area (Å²) in [6, 6.07) is 10.2. The minimum Gasteiger partial charge on any atom is -0.490 e. The van der Waals surface area contributed by atoms with Crippen molar-refractivity contribution < 1.29 is 18.3 Å². The molecule has 0 N–H and O–H groups in total. The van der Waals surface area contributed by atoms with Gasteiger partial charge in [-0.05, 0) is 47.9 Å². The minimum absolute atomic E-state index is 0.252. The number of hydrogen-bond donors (Lipinski definition) is 0. The van der Waals surface area contributed by atoms with E-state index in [0.29, 0.717) is 34.8 Å². The van der Waals surface area contributed by atoms with Crippen molar-refractivity contribution in [3.63, 3.8) is 0 Å². The molecule has 0 saturated heterocycles. The van der Waals surface area contributed by atoms with E-state index in [4.69, 9.17) is 9.47 Å². The number of halogens is 2. The van der Waals surface area contributed by atoms with Crippen molar-refractivity contribution in [1.29, 1.82) is 0 Å². The quantitative estimate of drug-likeness (QED) is 0.200. The first-order chi connectivity index (χ1) is 15.2. The van der Waals surface area contributed by atoms with Crippen LogP contribution in [0.25, 0.3) is 21.5 Å². The van der Waals surface area contributed by atoms with Crippen molar-refractivity contribution in [2.24, 2.45) is 0 Å². The van der Waals surface area contributed by atoms with Crippen molar-refractivity contribution in [1.82, 2.24) is 0 Å². The molecule has 0 spiro atoms. The first kappa shape index (κ1) is 23.3. The highest BCUT2D eigenvalue weighted by atomic mass is 19.1. The molecule has 0 saturated carbocycles. The molecule has 168 valence electrons. The second kappa shape index (κ2) is 11.9. The van der Waals surface area contributed by atoms with Crippen LogP contribution in [0.1, 0.15) is 71.6 Å². The van der Waals surface area contributed by atoms with Crippen LogP contribution in [-0.2, 0) is 0 Å². The van der Waals surface area contributed by atoms with Crippen molar-refractivity contribution in [3.05, 3.63) is 48.0 Å². The maximum absolute atomic E-state index is 15.0. The van der Waals surface area contributed by atoms with Crippen LogP contribution in [0.4, 0.5) is 8.78 Å². The first-order valence-electron chi connectivity index (χ1n) is 11.8. The summed E-state index contributed by atoms with van der Waals surface area (Å²) in [4.78, 5) is 0. The lowest BCUT2D eigenvalue weighted by Crippen LogP contribution is -2.01. The summed E-state index contributed by atoms with van der Waals surface area (Å²) in [5, 5.41) is 2.25. The zero-order valence-corrected chi connectivity index (χ0v) is 18.8. The lowest BCUT2D eigenvalue weighted by Gasteiger charge is -2.13. The monoisotopic (exact) mass is 428 g/mol. The van der Waals surface area contributed by atoms with E-state index in [0.717, 1.165) is 32.1 Å². The standard InChI is InChI=1S/C27H34F2O2/c1-3-5-7-8-9-11-19-31-25-17-15-21-20-14-16-24(30-18-10-6-4-2)26(28)22(20)12-13-23(21)27(25)29/h12-17H,3-11,18-19H2,1-2H3. The Kier molecular flexibility index (Phi) is 8.93. The topological polar surface area (TPSA) is 18.5 Å². The fourth-order valence-electron chi connectivity index (χ4n) is 3.93. The maximum atomic E-state index is 15.0. The Bertz CT molecular complexity index is 984. The van der Waals surface area contributed by atoms with Gasteiger partial charge < -0.3 is 9.47 Å².